The summed E-state index contributed by atoms with van der Waals surface area (Å²) >= 11 is 0. The lowest BCUT2D eigenvalue weighted by Crippen LogP contribution is -2.50. The number of hydrogen-bond acceptors (Lipinski definition) is 5. The molecule has 6 heteroatoms. The molecule has 0 bridgehead atoms. The highest BCUT2D eigenvalue weighted by Gasteiger charge is 2.29. The summed E-state index contributed by atoms with van der Waals surface area (Å²) in [7, 11) is 0. The topological polar surface area (TPSA) is 60.0 Å². The van der Waals surface area contributed by atoms with Gasteiger partial charge in [0.15, 0.2) is 11.5 Å². The molecule has 132 valence electrons. The molecule has 2 aliphatic heterocycles. The molecule has 1 aromatic carbocycles. The van der Waals surface area contributed by atoms with Crippen molar-refractivity contribution in [2.45, 2.75) is 32.9 Å². The Kier molecular flexibility index (Phi) is 5.58. The van der Waals surface area contributed by atoms with E-state index < -0.39 is 0 Å². The van der Waals surface area contributed by atoms with E-state index in [1.807, 2.05) is 24.8 Å². The summed E-state index contributed by atoms with van der Waals surface area (Å²) in [6, 6.07) is 4.08. The monoisotopic (exact) mass is 334 g/mol. The van der Waals surface area contributed by atoms with Crippen molar-refractivity contribution in [3.63, 3.8) is 0 Å². The second-order valence-electron chi connectivity index (χ2n) is 6.01. The van der Waals surface area contributed by atoms with Crippen LogP contribution in [0.1, 0.15) is 25.0 Å². The summed E-state index contributed by atoms with van der Waals surface area (Å²) in [5.41, 5.74) is 2.36. The predicted octanol–water partition coefficient (Wildman–Crippen LogP) is 1.36. The number of carbonyl (C=O) groups excluding carboxylic acids is 1. The molecular formula is C18H26N2O4. The third kappa shape index (κ3) is 3.65. The van der Waals surface area contributed by atoms with Gasteiger partial charge in [0.25, 0.3) is 5.91 Å². The number of nitrogens with one attached hydrogen (secondary N) is 1. The zero-order chi connectivity index (χ0) is 16.9. The van der Waals surface area contributed by atoms with Gasteiger partial charge in [0.1, 0.15) is 6.10 Å². The van der Waals surface area contributed by atoms with Crippen LogP contribution in [0.4, 0.5) is 0 Å². The molecule has 0 saturated carbocycles. The second-order valence-corrected chi connectivity index (χ2v) is 6.01. The average Bonchev–Trinajstić information content (AvgIpc) is 2.62. The number of fused-ring (bicyclic) bond motifs is 1. The maximum atomic E-state index is 12.6. The fourth-order valence-electron chi connectivity index (χ4n) is 3.22. The normalized spacial score (nSPS) is 20.4. The molecular weight excluding hydrogens is 308 g/mol. The lowest BCUT2D eigenvalue weighted by molar-refractivity contribution is -0.146. The minimum absolute atomic E-state index is 0.0692. The third-order valence-electron chi connectivity index (χ3n) is 4.39. The van der Waals surface area contributed by atoms with E-state index in [4.69, 9.17) is 14.2 Å². The van der Waals surface area contributed by atoms with Crippen LogP contribution in [0.2, 0.25) is 0 Å². The molecule has 2 heterocycles. The summed E-state index contributed by atoms with van der Waals surface area (Å²) < 4.78 is 17.0. The van der Waals surface area contributed by atoms with Crippen molar-refractivity contribution < 1.29 is 19.0 Å². The molecule has 1 amide bonds. The lowest BCUT2D eigenvalue weighted by atomic mass is 9.98. The molecule has 2 aliphatic rings. The smallest absolute Gasteiger partial charge is 0.253 e. The van der Waals surface area contributed by atoms with Crippen LogP contribution in [-0.2, 0) is 22.5 Å². The number of ether oxygens (including phenoxy) is 3. The van der Waals surface area contributed by atoms with Crippen molar-refractivity contribution in [3.05, 3.63) is 23.3 Å². The Labute approximate surface area is 143 Å². The van der Waals surface area contributed by atoms with Gasteiger partial charge in [-0.25, -0.2) is 0 Å². The Bertz CT molecular complexity index is 585. The third-order valence-corrected chi connectivity index (χ3v) is 4.39. The first-order valence-electron chi connectivity index (χ1n) is 8.75. The minimum atomic E-state index is -0.366. The molecule has 0 aromatic heterocycles. The van der Waals surface area contributed by atoms with E-state index >= 15 is 0 Å². The summed E-state index contributed by atoms with van der Waals surface area (Å²) in [5, 5.41) is 3.21. The Hall–Kier alpha value is -1.79. The van der Waals surface area contributed by atoms with Gasteiger partial charge >= 0.3 is 0 Å². The van der Waals surface area contributed by atoms with E-state index in [2.05, 4.69) is 11.4 Å². The summed E-state index contributed by atoms with van der Waals surface area (Å²) in [6.07, 6.45) is 0.461. The number of rotatable bonds is 5. The fraction of sp³-hybridized carbons (Fsp3) is 0.611. The van der Waals surface area contributed by atoms with Crippen molar-refractivity contribution in [1.82, 2.24) is 10.2 Å². The predicted molar refractivity (Wildman–Crippen MR) is 90.5 cm³/mol. The van der Waals surface area contributed by atoms with Gasteiger partial charge in [0.05, 0.1) is 19.8 Å². The highest BCUT2D eigenvalue weighted by Crippen LogP contribution is 2.34. The van der Waals surface area contributed by atoms with Crippen molar-refractivity contribution in [1.29, 1.82) is 0 Å². The number of benzene rings is 1. The zero-order valence-corrected chi connectivity index (χ0v) is 14.5. The van der Waals surface area contributed by atoms with Crippen molar-refractivity contribution in [3.8, 4) is 11.5 Å². The Morgan fingerprint density at radius 1 is 1.25 bits per heavy atom. The summed E-state index contributed by atoms with van der Waals surface area (Å²) in [6.45, 7) is 8.42. The van der Waals surface area contributed by atoms with Gasteiger partial charge in [-0.2, -0.15) is 0 Å². The van der Waals surface area contributed by atoms with Crippen LogP contribution in [0.25, 0.3) is 0 Å². The van der Waals surface area contributed by atoms with Crippen LogP contribution >= 0.6 is 0 Å². The number of hydrogen-bond donors (Lipinski definition) is 1. The van der Waals surface area contributed by atoms with Crippen LogP contribution in [0.3, 0.4) is 0 Å². The van der Waals surface area contributed by atoms with E-state index in [0.717, 1.165) is 30.0 Å². The van der Waals surface area contributed by atoms with Gasteiger partial charge in [0, 0.05) is 26.2 Å². The first kappa shape index (κ1) is 17.0. The van der Waals surface area contributed by atoms with E-state index in [0.29, 0.717) is 39.5 Å². The Morgan fingerprint density at radius 2 is 1.96 bits per heavy atom. The molecule has 3 rings (SSSR count). The Balaban J connectivity index is 1.76. The quantitative estimate of drug-likeness (QED) is 0.881. The largest absolute Gasteiger partial charge is 0.490 e. The van der Waals surface area contributed by atoms with Gasteiger partial charge < -0.3 is 24.4 Å². The van der Waals surface area contributed by atoms with E-state index in [-0.39, 0.29) is 12.0 Å². The van der Waals surface area contributed by atoms with Crippen LogP contribution < -0.4 is 14.8 Å². The molecule has 1 atom stereocenters. The number of nitrogens with zero attached hydrogens (tertiary/aromatic N) is 1. The van der Waals surface area contributed by atoms with Crippen LogP contribution in [-0.4, -0.2) is 56.4 Å². The van der Waals surface area contributed by atoms with Crippen LogP contribution in [0.15, 0.2) is 12.1 Å². The van der Waals surface area contributed by atoms with Crippen molar-refractivity contribution in [2.75, 3.05) is 39.5 Å². The van der Waals surface area contributed by atoms with Crippen molar-refractivity contribution in [2.24, 2.45) is 0 Å². The summed E-state index contributed by atoms with van der Waals surface area (Å²) in [5.74, 6) is 1.61. The van der Waals surface area contributed by atoms with Crippen LogP contribution in [0, 0.1) is 0 Å². The first-order valence-corrected chi connectivity index (χ1v) is 8.75. The molecule has 1 fully saturated rings. The zero-order valence-electron chi connectivity index (χ0n) is 14.5. The molecule has 1 N–H and O–H groups in total. The lowest BCUT2D eigenvalue weighted by Gasteiger charge is -2.33. The van der Waals surface area contributed by atoms with E-state index in [1.54, 1.807) is 0 Å². The van der Waals surface area contributed by atoms with Gasteiger partial charge in [-0.15, -0.1) is 0 Å². The van der Waals surface area contributed by atoms with Crippen molar-refractivity contribution >= 4 is 5.91 Å². The van der Waals surface area contributed by atoms with Gasteiger partial charge in [0.2, 0.25) is 0 Å². The Morgan fingerprint density at radius 3 is 2.58 bits per heavy atom. The highest BCUT2D eigenvalue weighted by molar-refractivity contribution is 5.81. The van der Waals surface area contributed by atoms with E-state index in [9.17, 15) is 4.79 Å². The van der Waals surface area contributed by atoms with Gasteiger partial charge in [-0.05, 0) is 43.5 Å². The van der Waals surface area contributed by atoms with Gasteiger partial charge in [-0.3, -0.25) is 4.79 Å². The molecule has 6 nitrogen and oxygen atoms in total. The molecule has 24 heavy (non-hydrogen) atoms. The average molecular weight is 334 g/mol. The van der Waals surface area contributed by atoms with E-state index in [1.165, 1.54) is 5.56 Å². The second kappa shape index (κ2) is 7.85. The number of morpholine rings is 1. The maximum absolute atomic E-state index is 12.6. The highest BCUT2D eigenvalue weighted by atomic mass is 16.5. The molecule has 1 unspecified atom stereocenters. The van der Waals surface area contributed by atoms with Gasteiger partial charge in [-0.1, -0.05) is 0 Å². The molecule has 0 spiro atoms. The molecule has 0 aliphatic carbocycles. The fourth-order valence-corrected chi connectivity index (χ4v) is 3.22. The summed E-state index contributed by atoms with van der Waals surface area (Å²) in [4.78, 5) is 14.5. The molecule has 1 saturated heterocycles. The molecule has 1 aromatic rings. The number of amides is 1. The standard InChI is InChI=1S/C18H26N2O4/c1-3-22-15-9-13-5-7-20(12-14(13)10-16(15)23-4-2)18(21)17-11-19-6-8-24-17/h9-10,17,19H,3-8,11-12H2,1-2H3. The first-order chi connectivity index (χ1) is 11.7. The number of carbonyl (C=O) groups is 1. The minimum Gasteiger partial charge on any atom is -0.490 e. The molecule has 0 radical (unpaired) electrons. The SMILES string of the molecule is CCOc1cc2c(cc1OCC)CN(C(=O)C1CNCCO1)CC2. The van der Waals surface area contributed by atoms with Crippen LogP contribution in [0.5, 0.6) is 11.5 Å². The maximum Gasteiger partial charge on any atom is 0.253 e.